The van der Waals surface area contributed by atoms with Gasteiger partial charge < -0.3 is 25.1 Å². The number of benzene rings is 2. The number of nitrogens with zero attached hydrogens (tertiary/aromatic N) is 1. The van der Waals surface area contributed by atoms with Crippen LogP contribution in [0.1, 0.15) is 5.56 Å². The molecule has 0 fully saturated rings. The summed E-state index contributed by atoms with van der Waals surface area (Å²) in [6.07, 6.45) is 3.00. The van der Waals surface area contributed by atoms with Crippen molar-refractivity contribution in [2.24, 2.45) is 4.99 Å². The molecule has 0 amide bonds. The molecule has 0 bridgehead atoms. The lowest BCUT2D eigenvalue weighted by Crippen LogP contribution is -2.40. The van der Waals surface area contributed by atoms with Crippen LogP contribution in [0.2, 0.25) is 0 Å². The normalized spacial score (nSPS) is 11.4. The molecule has 2 aromatic carbocycles. The number of fused-ring (bicyclic) bond motifs is 1. The second kappa shape index (κ2) is 9.52. The average molecular weight is 366 g/mol. The fraction of sp³-hybridized carbons (Fsp3) is 0.286. The fourth-order valence-electron chi connectivity index (χ4n) is 2.90. The Morgan fingerprint density at radius 3 is 2.70 bits per heavy atom. The molecular weight excluding hydrogens is 340 g/mol. The van der Waals surface area contributed by atoms with Crippen molar-refractivity contribution in [3.63, 3.8) is 0 Å². The Hall–Kier alpha value is -3.15. The summed E-state index contributed by atoms with van der Waals surface area (Å²) in [6.45, 7) is 2.00. The molecular formula is C21H26N4O2. The summed E-state index contributed by atoms with van der Waals surface area (Å²) in [4.78, 5) is 7.56. The van der Waals surface area contributed by atoms with Crippen LogP contribution in [-0.4, -0.2) is 44.8 Å². The van der Waals surface area contributed by atoms with E-state index in [1.807, 2.05) is 30.3 Å². The number of nitrogens with one attached hydrogen (secondary N) is 3. The van der Waals surface area contributed by atoms with Gasteiger partial charge in [0.2, 0.25) is 0 Å². The van der Waals surface area contributed by atoms with Gasteiger partial charge >= 0.3 is 0 Å². The van der Waals surface area contributed by atoms with Crippen molar-refractivity contribution in [1.82, 2.24) is 15.6 Å². The Kier molecular flexibility index (Phi) is 6.57. The van der Waals surface area contributed by atoms with Gasteiger partial charge in [-0.2, -0.15) is 0 Å². The van der Waals surface area contributed by atoms with Crippen LogP contribution in [0, 0.1) is 0 Å². The van der Waals surface area contributed by atoms with Crippen LogP contribution in [0.25, 0.3) is 10.9 Å². The van der Waals surface area contributed by atoms with E-state index < -0.39 is 0 Å². The van der Waals surface area contributed by atoms with Gasteiger partial charge in [0.05, 0.1) is 13.7 Å². The van der Waals surface area contributed by atoms with Crippen LogP contribution in [0.15, 0.2) is 59.7 Å². The van der Waals surface area contributed by atoms with Crippen LogP contribution in [-0.2, 0) is 6.42 Å². The van der Waals surface area contributed by atoms with Crippen molar-refractivity contribution < 1.29 is 9.47 Å². The molecule has 0 radical (unpaired) electrons. The topological polar surface area (TPSA) is 70.7 Å². The number of aromatic amines is 1. The van der Waals surface area contributed by atoms with Gasteiger partial charge in [0.15, 0.2) is 5.96 Å². The van der Waals surface area contributed by atoms with Gasteiger partial charge in [-0.05, 0) is 30.2 Å². The first-order valence-corrected chi connectivity index (χ1v) is 9.06. The summed E-state index contributed by atoms with van der Waals surface area (Å²) >= 11 is 0. The van der Waals surface area contributed by atoms with Crippen LogP contribution in [0.3, 0.4) is 0 Å². The second-order valence-corrected chi connectivity index (χ2v) is 6.06. The zero-order chi connectivity index (χ0) is 18.9. The molecule has 0 saturated carbocycles. The summed E-state index contributed by atoms with van der Waals surface area (Å²) in [6, 6.07) is 15.9. The predicted molar refractivity (Wildman–Crippen MR) is 110 cm³/mol. The van der Waals surface area contributed by atoms with E-state index in [4.69, 9.17) is 9.47 Å². The highest BCUT2D eigenvalue weighted by Crippen LogP contribution is 2.19. The Balaban J connectivity index is 1.39. The minimum absolute atomic E-state index is 0.538. The molecule has 1 aromatic heterocycles. The molecule has 6 heteroatoms. The molecule has 0 aliphatic carbocycles. The number of para-hydroxylation sites is 1. The molecule has 3 rings (SSSR count). The van der Waals surface area contributed by atoms with E-state index in [0.717, 1.165) is 30.4 Å². The van der Waals surface area contributed by atoms with E-state index in [2.05, 4.69) is 45.0 Å². The zero-order valence-electron chi connectivity index (χ0n) is 15.8. The minimum atomic E-state index is 0.538. The van der Waals surface area contributed by atoms with Gasteiger partial charge in [0.25, 0.3) is 0 Å². The van der Waals surface area contributed by atoms with E-state index in [9.17, 15) is 0 Å². The number of H-pyrrole nitrogens is 1. The van der Waals surface area contributed by atoms with Crippen molar-refractivity contribution in [3.8, 4) is 11.5 Å². The number of rotatable bonds is 8. The Morgan fingerprint density at radius 2 is 1.85 bits per heavy atom. The first kappa shape index (κ1) is 18.6. The maximum atomic E-state index is 5.73. The number of aliphatic imine (C=N–C) groups is 1. The fourth-order valence-corrected chi connectivity index (χ4v) is 2.90. The third-order valence-corrected chi connectivity index (χ3v) is 4.29. The van der Waals surface area contributed by atoms with Gasteiger partial charge in [-0.25, -0.2) is 0 Å². The molecule has 3 N–H and O–H groups in total. The van der Waals surface area contributed by atoms with E-state index in [1.165, 1.54) is 16.5 Å². The second-order valence-electron chi connectivity index (χ2n) is 6.06. The zero-order valence-corrected chi connectivity index (χ0v) is 15.8. The first-order chi connectivity index (χ1) is 13.3. The third kappa shape index (κ3) is 5.17. The number of guanidine groups is 1. The molecule has 3 aromatic rings. The maximum absolute atomic E-state index is 5.73. The molecule has 142 valence electrons. The van der Waals surface area contributed by atoms with E-state index in [0.29, 0.717) is 13.2 Å². The van der Waals surface area contributed by atoms with Crippen LogP contribution >= 0.6 is 0 Å². The number of ether oxygens (including phenoxy) is 2. The molecule has 0 unspecified atom stereocenters. The van der Waals surface area contributed by atoms with Gasteiger partial charge in [-0.3, -0.25) is 4.99 Å². The molecule has 0 saturated heterocycles. The molecule has 0 aliphatic heterocycles. The van der Waals surface area contributed by atoms with Crippen molar-refractivity contribution in [2.75, 3.05) is 33.9 Å². The maximum Gasteiger partial charge on any atom is 0.191 e. The monoisotopic (exact) mass is 366 g/mol. The van der Waals surface area contributed by atoms with E-state index >= 15 is 0 Å². The molecule has 0 atom stereocenters. The van der Waals surface area contributed by atoms with Crippen molar-refractivity contribution >= 4 is 16.9 Å². The smallest absolute Gasteiger partial charge is 0.191 e. The predicted octanol–water partition coefficient (Wildman–Crippen LogP) is 2.96. The minimum Gasteiger partial charge on any atom is -0.497 e. The summed E-state index contributed by atoms with van der Waals surface area (Å²) in [5, 5.41) is 7.87. The lowest BCUT2D eigenvalue weighted by Gasteiger charge is -2.12. The lowest BCUT2D eigenvalue weighted by atomic mass is 10.1. The highest BCUT2D eigenvalue weighted by molar-refractivity contribution is 5.83. The third-order valence-electron chi connectivity index (χ3n) is 4.29. The number of hydrogen-bond donors (Lipinski definition) is 3. The summed E-state index contributed by atoms with van der Waals surface area (Å²) in [5.41, 5.74) is 2.47. The molecule has 27 heavy (non-hydrogen) atoms. The highest BCUT2D eigenvalue weighted by atomic mass is 16.5. The number of hydrogen-bond acceptors (Lipinski definition) is 3. The SMILES string of the molecule is CN=C(NCCOc1cccc(OC)c1)NCCc1c[nH]c2ccccc12. The Labute approximate surface area is 159 Å². The molecule has 6 nitrogen and oxygen atoms in total. The summed E-state index contributed by atoms with van der Waals surface area (Å²) in [5.74, 6) is 2.35. The van der Waals surface area contributed by atoms with Crippen LogP contribution < -0.4 is 20.1 Å². The number of methoxy groups -OCH3 is 1. The van der Waals surface area contributed by atoms with Gasteiger partial charge in [-0.1, -0.05) is 24.3 Å². The van der Waals surface area contributed by atoms with Gasteiger partial charge in [0, 0.05) is 36.8 Å². The summed E-state index contributed by atoms with van der Waals surface area (Å²) < 4.78 is 10.9. The molecule has 0 spiro atoms. The van der Waals surface area contributed by atoms with Crippen molar-refractivity contribution in [2.45, 2.75) is 6.42 Å². The van der Waals surface area contributed by atoms with Crippen molar-refractivity contribution in [1.29, 1.82) is 0 Å². The summed E-state index contributed by atoms with van der Waals surface area (Å²) in [7, 11) is 3.41. The van der Waals surface area contributed by atoms with Crippen LogP contribution in [0.4, 0.5) is 0 Å². The lowest BCUT2D eigenvalue weighted by molar-refractivity contribution is 0.319. The highest BCUT2D eigenvalue weighted by Gasteiger charge is 2.03. The Bertz CT molecular complexity index is 889. The standard InChI is InChI=1S/C21H26N4O2/c1-22-21(24-12-13-27-18-7-5-6-17(14-18)26-2)23-11-10-16-15-25-20-9-4-3-8-19(16)20/h3-9,14-15,25H,10-13H2,1-2H3,(H2,22,23,24). The Morgan fingerprint density at radius 1 is 1.04 bits per heavy atom. The van der Waals surface area contributed by atoms with Crippen LogP contribution in [0.5, 0.6) is 11.5 Å². The van der Waals surface area contributed by atoms with E-state index in [1.54, 1.807) is 14.2 Å². The largest absolute Gasteiger partial charge is 0.497 e. The van der Waals surface area contributed by atoms with Crippen molar-refractivity contribution in [3.05, 3.63) is 60.3 Å². The number of aromatic nitrogens is 1. The molecule has 1 heterocycles. The average Bonchev–Trinajstić information content (AvgIpc) is 3.13. The molecule has 0 aliphatic rings. The van der Waals surface area contributed by atoms with E-state index in [-0.39, 0.29) is 0 Å². The first-order valence-electron chi connectivity index (χ1n) is 9.06. The van der Waals surface area contributed by atoms with Gasteiger partial charge in [-0.15, -0.1) is 0 Å². The quantitative estimate of drug-likeness (QED) is 0.326. The van der Waals surface area contributed by atoms with Gasteiger partial charge in [0.1, 0.15) is 18.1 Å².